The number of aliphatic imine (C=N–C) groups is 1. The molecule has 0 atom stereocenters. The van der Waals surface area contributed by atoms with Gasteiger partial charge in [0.05, 0.1) is 6.54 Å². The number of anilines is 1. The highest BCUT2D eigenvalue weighted by atomic mass is 127. The van der Waals surface area contributed by atoms with Crippen molar-refractivity contribution in [1.82, 2.24) is 10.6 Å². The number of carbonyl (C=O) groups excluding carboxylic acids is 1. The molecule has 5 nitrogen and oxygen atoms in total. The molecule has 3 N–H and O–H groups in total. The SMILES string of the molecule is CN=C(NCC(=O)Nc1cccc(Br)c1)NC1CC1.I. The lowest BCUT2D eigenvalue weighted by Crippen LogP contribution is -2.42. The Morgan fingerprint density at radius 2 is 2.20 bits per heavy atom. The third kappa shape index (κ3) is 6.08. The maximum absolute atomic E-state index is 11.8. The fraction of sp³-hybridized carbons (Fsp3) is 0.385. The molecule has 0 aliphatic heterocycles. The molecule has 7 heteroatoms. The average Bonchev–Trinajstić information content (AvgIpc) is 3.18. The van der Waals surface area contributed by atoms with E-state index >= 15 is 0 Å². The molecule has 1 aliphatic carbocycles. The quantitative estimate of drug-likeness (QED) is 0.373. The normalized spacial score (nSPS) is 14.2. The van der Waals surface area contributed by atoms with E-state index in [-0.39, 0.29) is 36.4 Å². The summed E-state index contributed by atoms with van der Waals surface area (Å²) in [6.45, 7) is 0.193. The molecule has 110 valence electrons. The topological polar surface area (TPSA) is 65.5 Å². The fourth-order valence-corrected chi connectivity index (χ4v) is 1.95. The lowest BCUT2D eigenvalue weighted by Gasteiger charge is -2.11. The van der Waals surface area contributed by atoms with Gasteiger partial charge in [-0.1, -0.05) is 22.0 Å². The lowest BCUT2D eigenvalue weighted by atomic mass is 10.3. The van der Waals surface area contributed by atoms with Crippen LogP contribution < -0.4 is 16.0 Å². The molecule has 1 aliphatic rings. The molecule has 1 fully saturated rings. The Morgan fingerprint density at radius 1 is 1.45 bits per heavy atom. The molecule has 20 heavy (non-hydrogen) atoms. The number of hydrogen-bond donors (Lipinski definition) is 3. The van der Waals surface area contributed by atoms with Gasteiger partial charge in [0, 0.05) is 23.2 Å². The van der Waals surface area contributed by atoms with E-state index in [1.54, 1.807) is 7.05 Å². The zero-order valence-corrected chi connectivity index (χ0v) is 15.1. The summed E-state index contributed by atoms with van der Waals surface area (Å²) in [4.78, 5) is 15.8. The maximum Gasteiger partial charge on any atom is 0.243 e. The van der Waals surface area contributed by atoms with Crippen molar-refractivity contribution in [2.75, 3.05) is 18.9 Å². The molecule has 0 heterocycles. The Hall–Kier alpha value is -0.830. The molecule has 0 bridgehead atoms. The lowest BCUT2D eigenvalue weighted by molar-refractivity contribution is -0.115. The van der Waals surface area contributed by atoms with Crippen molar-refractivity contribution >= 4 is 57.5 Å². The van der Waals surface area contributed by atoms with Crippen molar-refractivity contribution in [3.05, 3.63) is 28.7 Å². The zero-order chi connectivity index (χ0) is 13.7. The number of nitrogens with one attached hydrogen (secondary N) is 3. The minimum Gasteiger partial charge on any atom is -0.354 e. The van der Waals surface area contributed by atoms with E-state index in [2.05, 4.69) is 36.9 Å². The molecule has 0 radical (unpaired) electrons. The molecule has 2 rings (SSSR count). The molecule has 1 amide bonds. The highest BCUT2D eigenvalue weighted by Gasteiger charge is 2.22. The fourth-order valence-electron chi connectivity index (χ4n) is 1.55. The van der Waals surface area contributed by atoms with Crippen molar-refractivity contribution in [3.8, 4) is 0 Å². The van der Waals surface area contributed by atoms with Gasteiger partial charge in [0.2, 0.25) is 5.91 Å². The Balaban J connectivity index is 0.00000200. The van der Waals surface area contributed by atoms with E-state index in [1.807, 2.05) is 24.3 Å². The predicted molar refractivity (Wildman–Crippen MR) is 95.7 cm³/mol. The molecule has 0 spiro atoms. The molecule has 1 aromatic carbocycles. The van der Waals surface area contributed by atoms with E-state index in [1.165, 1.54) is 12.8 Å². The molecular weight excluding hydrogens is 435 g/mol. The van der Waals surface area contributed by atoms with Gasteiger partial charge in [-0.15, -0.1) is 24.0 Å². The molecular formula is C13H18BrIN4O. The van der Waals surface area contributed by atoms with Crippen LogP contribution in [0.1, 0.15) is 12.8 Å². The first-order chi connectivity index (χ1) is 9.17. The van der Waals surface area contributed by atoms with Crippen LogP contribution >= 0.6 is 39.9 Å². The zero-order valence-electron chi connectivity index (χ0n) is 11.1. The van der Waals surface area contributed by atoms with E-state index in [0.29, 0.717) is 12.0 Å². The summed E-state index contributed by atoms with van der Waals surface area (Å²) in [6, 6.07) is 8.00. The number of halogens is 2. The number of benzene rings is 1. The smallest absolute Gasteiger partial charge is 0.243 e. The van der Waals surface area contributed by atoms with Crippen molar-refractivity contribution in [2.45, 2.75) is 18.9 Å². The number of guanidine groups is 1. The van der Waals surface area contributed by atoms with Gasteiger partial charge in [0.25, 0.3) is 0 Å². The summed E-state index contributed by atoms with van der Waals surface area (Å²) < 4.78 is 0.935. The number of nitrogens with zero attached hydrogens (tertiary/aromatic N) is 1. The first-order valence-corrected chi connectivity index (χ1v) is 6.99. The number of carbonyl (C=O) groups is 1. The summed E-state index contributed by atoms with van der Waals surface area (Å²) in [5.74, 6) is 0.573. The van der Waals surface area contributed by atoms with Crippen molar-refractivity contribution in [1.29, 1.82) is 0 Å². The number of rotatable bonds is 4. The van der Waals surface area contributed by atoms with Gasteiger partial charge in [-0.2, -0.15) is 0 Å². The van der Waals surface area contributed by atoms with Crippen molar-refractivity contribution < 1.29 is 4.79 Å². The first kappa shape index (κ1) is 17.2. The molecule has 1 saturated carbocycles. The van der Waals surface area contributed by atoms with Crippen LogP contribution in [0, 0.1) is 0 Å². The van der Waals surface area contributed by atoms with E-state index in [9.17, 15) is 4.79 Å². The molecule has 1 aromatic rings. The first-order valence-electron chi connectivity index (χ1n) is 6.20. The van der Waals surface area contributed by atoms with Crippen LogP contribution in [0.3, 0.4) is 0 Å². The van der Waals surface area contributed by atoms with Gasteiger partial charge in [-0.3, -0.25) is 9.79 Å². The van der Waals surface area contributed by atoms with Gasteiger partial charge < -0.3 is 16.0 Å². The minimum atomic E-state index is -0.100. The Bertz CT molecular complexity index is 491. The van der Waals surface area contributed by atoms with Crippen LogP contribution in [0.4, 0.5) is 5.69 Å². The summed E-state index contributed by atoms with van der Waals surface area (Å²) in [7, 11) is 1.70. The van der Waals surface area contributed by atoms with Crippen LogP contribution in [-0.4, -0.2) is 31.5 Å². The number of amides is 1. The monoisotopic (exact) mass is 452 g/mol. The third-order valence-corrected chi connectivity index (χ3v) is 3.16. The van der Waals surface area contributed by atoms with E-state index < -0.39 is 0 Å². The molecule has 0 aromatic heterocycles. The Kier molecular flexibility index (Phi) is 7.28. The Labute approximate surface area is 144 Å². The van der Waals surface area contributed by atoms with Gasteiger partial charge in [0.15, 0.2) is 5.96 Å². The summed E-state index contributed by atoms with van der Waals surface area (Å²) >= 11 is 3.36. The van der Waals surface area contributed by atoms with Crippen LogP contribution in [0.2, 0.25) is 0 Å². The summed E-state index contributed by atoms with van der Waals surface area (Å²) in [5, 5.41) is 9.03. The second kappa shape index (κ2) is 8.46. The third-order valence-electron chi connectivity index (χ3n) is 2.67. The van der Waals surface area contributed by atoms with Crippen LogP contribution in [0.15, 0.2) is 33.7 Å². The van der Waals surface area contributed by atoms with Gasteiger partial charge in [-0.25, -0.2) is 0 Å². The summed E-state index contributed by atoms with van der Waals surface area (Å²) in [6.07, 6.45) is 2.34. The van der Waals surface area contributed by atoms with E-state index in [4.69, 9.17) is 0 Å². The van der Waals surface area contributed by atoms with E-state index in [0.717, 1.165) is 10.2 Å². The second-order valence-corrected chi connectivity index (χ2v) is 5.32. The highest BCUT2D eigenvalue weighted by molar-refractivity contribution is 14.0. The predicted octanol–water partition coefficient (Wildman–Crippen LogP) is 2.33. The highest BCUT2D eigenvalue weighted by Crippen LogP contribution is 2.18. The van der Waals surface area contributed by atoms with Gasteiger partial charge in [-0.05, 0) is 31.0 Å². The molecule has 0 saturated heterocycles. The van der Waals surface area contributed by atoms with Crippen LogP contribution in [-0.2, 0) is 4.79 Å². The standard InChI is InChI=1S/C13H17BrN4O.HI/c1-15-13(18-10-5-6-10)16-8-12(19)17-11-4-2-3-9(14)7-11;/h2-4,7,10H,5-6,8H2,1H3,(H,17,19)(H2,15,16,18);1H. The van der Waals surface area contributed by atoms with Crippen LogP contribution in [0.5, 0.6) is 0 Å². The number of hydrogen-bond acceptors (Lipinski definition) is 2. The van der Waals surface area contributed by atoms with Crippen molar-refractivity contribution in [3.63, 3.8) is 0 Å². The second-order valence-electron chi connectivity index (χ2n) is 4.40. The summed E-state index contributed by atoms with van der Waals surface area (Å²) in [5.41, 5.74) is 0.770. The Morgan fingerprint density at radius 3 is 2.80 bits per heavy atom. The van der Waals surface area contributed by atoms with Gasteiger partial charge in [0.1, 0.15) is 0 Å². The molecule has 0 unspecified atom stereocenters. The maximum atomic E-state index is 11.8. The largest absolute Gasteiger partial charge is 0.354 e. The average molecular weight is 453 g/mol. The van der Waals surface area contributed by atoms with Crippen LogP contribution in [0.25, 0.3) is 0 Å². The minimum absolute atomic E-state index is 0. The van der Waals surface area contributed by atoms with Gasteiger partial charge >= 0.3 is 0 Å². The van der Waals surface area contributed by atoms with Crippen molar-refractivity contribution in [2.24, 2.45) is 4.99 Å².